The molecule has 0 spiro atoms. The van der Waals surface area contributed by atoms with E-state index in [9.17, 15) is 10.1 Å². The second kappa shape index (κ2) is 1.55. The molecule has 0 rings (SSSR count). The molecule has 0 aliphatic heterocycles. The fourth-order valence-corrected chi connectivity index (χ4v) is 0. The Bertz CT molecular complexity index is 74.8. The third kappa shape index (κ3) is 1.46. The summed E-state index contributed by atoms with van der Waals surface area (Å²) in [5, 5.41) is 9.34. The summed E-state index contributed by atoms with van der Waals surface area (Å²) in [6.07, 6.45) is 0. The van der Waals surface area contributed by atoms with Gasteiger partial charge in [-0.15, -0.1) is 0 Å². The Labute approximate surface area is 35.4 Å². The monoisotopic (exact) mass is 86.0 g/mol. The van der Waals surface area contributed by atoms with Crippen LogP contribution in [-0.2, 0) is 0 Å². The maximum atomic E-state index is 9.34. The van der Waals surface area contributed by atoms with Crippen molar-refractivity contribution in [2.45, 2.75) is 0 Å². The van der Waals surface area contributed by atoms with Crippen molar-refractivity contribution in [2.75, 3.05) is 0 Å². The molecule has 0 unspecified atom stereocenters. The third-order valence-corrected chi connectivity index (χ3v) is 0.258. The quantitative estimate of drug-likeness (QED) is 0.346. The Morgan fingerprint density at radius 2 is 2.00 bits per heavy atom. The third-order valence-electron chi connectivity index (χ3n) is 0.258. The summed E-state index contributed by atoms with van der Waals surface area (Å²) in [5.74, 6) is 0. The van der Waals surface area contributed by atoms with Crippen LogP contribution in [0.3, 0.4) is 0 Å². The van der Waals surface area contributed by atoms with Gasteiger partial charge in [-0.3, -0.25) is 10.1 Å². The topological polar surface area (TPSA) is 43.1 Å². The normalized spacial score (nSPS) is 7.50. The second-order valence-corrected chi connectivity index (χ2v) is 0.823. The standard InChI is InChI=1S/C3H4NO2/c1-3(2)4(5)6/h1-2H2. The predicted octanol–water partition coefficient (Wildman–Crippen LogP) is 0.611. The summed E-state index contributed by atoms with van der Waals surface area (Å²) >= 11 is 0. The zero-order chi connectivity index (χ0) is 5.15. The van der Waals surface area contributed by atoms with Crippen molar-refractivity contribution in [1.29, 1.82) is 0 Å². The Kier molecular flexibility index (Phi) is 1.32. The highest BCUT2D eigenvalue weighted by molar-refractivity contribution is 4.82. The largest absolute Gasteiger partial charge is 0.259 e. The molecule has 0 fully saturated rings. The summed E-state index contributed by atoms with van der Waals surface area (Å²) in [4.78, 5) is 8.70. The average Bonchev–Trinajstić information content (AvgIpc) is 1.36. The van der Waals surface area contributed by atoms with Crippen molar-refractivity contribution in [3.63, 3.8) is 0 Å². The molecule has 0 saturated carbocycles. The van der Waals surface area contributed by atoms with Gasteiger partial charge in [-0.05, 0) is 6.58 Å². The lowest BCUT2D eigenvalue weighted by Gasteiger charge is -1.78. The lowest BCUT2D eigenvalue weighted by atomic mass is 10.6. The van der Waals surface area contributed by atoms with E-state index < -0.39 is 4.92 Å². The molecule has 0 amide bonds. The molecule has 0 atom stereocenters. The first-order valence-corrected chi connectivity index (χ1v) is 1.30. The lowest BCUT2D eigenvalue weighted by Crippen LogP contribution is -1.89. The van der Waals surface area contributed by atoms with Gasteiger partial charge in [0.1, 0.15) is 0 Å². The van der Waals surface area contributed by atoms with Gasteiger partial charge in [0.2, 0.25) is 5.70 Å². The fraction of sp³-hybridized carbons (Fsp3) is 0. The molecule has 0 aliphatic carbocycles. The minimum Gasteiger partial charge on any atom is -0.259 e. The van der Waals surface area contributed by atoms with Gasteiger partial charge in [0.25, 0.3) is 0 Å². The van der Waals surface area contributed by atoms with E-state index in [1.807, 2.05) is 0 Å². The first-order valence-electron chi connectivity index (χ1n) is 1.30. The van der Waals surface area contributed by atoms with Gasteiger partial charge in [-0.1, -0.05) is 0 Å². The van der Waals surface area contributed by atoms with Crippen LogP contribution >= 0.6 is 0 Å². The second-order valence-electron chi connectivity index (χ2n) is 0.823. The molecule has 0 aromatic rings. The van der Waals surface area contributed by atoms with Crippen LogP contribution in [0.4, 0.5) is 0 Å². The Morgan fingerprint density at radius 1 is 1.83 bits per heavy atom. The van der Waals surface area contributed by atoms with E-state index in [1.54, 1.807) is 0 Å². The molecule has 0 aliphatic rings. The summed E-state index contributed by atoms with van der Waals surface area (Å²) < 4.78 is 0. The molecule has 3 nitrogen and oxygen atoms in total. The van der Waals surface area contributed by atoms with Crippen molar-refractivity contribution in [2.24, 2.45) is 0 Å². The number of allylic oxidation sites excluding steroid dienone is 1. The van der Waals surface area contributed by atoms with Gasteiger partial charge in [-0.25, -0.2) is 0 Å². The van der Waals surface area contributed by atoms with E-state index in [0.717, 1.165) is 0 Å². The minimum absolute atomic E-state index is 0.269. The molecule has 33 valence electrons. The average molecular weight is 86.1 g/mol. The van der Waals surface area contributed by atoms with E-state index in [4.69, 9.17) is 0 Å². The van der Waals surface area contributed by atoms with E-state index in [-0.39, 0.29) is 5.70 Å². The number of hydrogen-bond acceptors (Lipinski definition) is 2. The summed E-state index contributed by atoms with van der Waals surface area (Å²) in [6, 6.07) is 0. The van der Waals surface area contributed by atoms with Crippen LogP contribution in [-0.4, -0.2) is 4.92 Å². The number of nitro groups is 1. The molecule has 0 aromatic heterocycles. The Balaban J connectivity index is 3.57. The summed E-state index contributed by atoms with van der Waals surface area (Å²) in [5.41, 5.74) is -0.269. The van der Waals surface area contributed by atoms with E-state index in [2.05, 4.69) is 13.5 Å². The van der Waals surface area contributed by atoms with Crippen molar-refractivity contribution >= 4 is 0 Å². The molecule has 0 heterocycles. The molecule has 0 aromatic carbocycles. The van der Waals surface area contributed by atoms with Gasteiger partial charge >= 0.3 is 0 Å². The van der Waals surface area contributed by atoms with Crippen LogP contribution in [0.25, 0.3) is 0 Å². The lowest BCUT2D eigenvalue weighted by molar-refractivity contribution is -0.419. The first kappa shape index (κ1) is 5.14. The van der Waals surface area contributed by atoms with Crippen LogP contribution in [0, 0.1) is 17.0 Å². The Morgan fingerprint density at radius 3 is 2.00 bits per heavy atom. The number of hydrogen-bond donors (Lipinski definition) is 0. The Hall–Kier alpha value is -0.860. The highest BCUT2D eigenvalue weighted by Crippen LogP contribution is 1.81. The summed E-state index contributed by atoms with van der Waals surface area (Å²) in [6.45, 7) is 5.89. The minimum atomic E-state index is -0.639. The maximum Gasteiger partial charge on any atom is 0.239 e. The number of rotatable bonds is 1. The SMILES string of the molecule is [CH2]C(=C)[N+](=O)[O-]. The molecule has 0 saturated heterocycles. The van der Waals surface area contributed by atoms with Gasteiger partial charge in [0.05, 0.1) is 4.92 Å². The van der Waals surface area contributed by atoms with Crippen LogP contribution in [0.1, 0.15) is 0 Å². The van der Waals surface area contributed by atoms with Gasteiger partial charge in [-0.2, -0.15) is 0 Å². The zero-order valence-electron chi connectivity index (χ0n) is 3.18. The molecule has 0 bridgehead atoms. The van der Waals surface area contributed by atoms with Crippen molar-refractivity contribution in [1.82, 2.24) is 0 Å². The fourth-order valence-electron chi connectivity index (χ4n) is 0. The molecular formula is C3H4NO2. The molecule has 6 heavy (non-hydrogen) atoms. The predicted molar refractivity (Wildman–Crippen MR) is 21.5 cm³/mol. The van der Waals surface area contributed by atoms with E-state index in [0.29, 0.717) is 0 Å². The van der Waals surface area contributed by atoms with Gasteiger partial charge in [0, 0.05) is 6.92 Å². The molecule has 1 radical (unpaired) electrons. The molecular weight excluding hydrogens is 82.0 g/mol. The van der Waals surface area contributed by atoms with E-state index in [1.165, 1.54) is 0 Å². The van der Waals surface area contributed by atoms with Gasteiger partial charge in [0.15, 0.2) is 0 Å². The highest BCUT2D eigenvalue weighted by atomic mass is 16.6. The van der Waals surface area contributed by atoms with Crippen LogP contribution < -0.4 is 0 Å². The van der Waals surface area contributed by atoms with Gasteiger partial charge < -0.3 is 0 Å². The number of nitrogens with zero attached hydrogens (tertiary/aromatic N) is 1. The highest BCUT2D eigenvalue weighted by Gasteiger charge is 1.91. The van der Waals surface area contributed by atoms with Crippen molar-refractivity contribution in [3.8, 4) is 0 Å². The van der Waals surface area contributed by atoms with Crippen molar-refractivity contribution < 1.29 is 4.92 Å². The van der Waals surface area contributed by atoms with Crippen LogP contribution in [0.2, 0.25) is 0 Å². The molecule has 0 N–H and O–H groups in total. The zero-order valence-corrected chi connectivity index (χ0v) is 3.18. The van der Waals surface area contributed by atoms with Crippen LogP contribution in [0.15, 0.2) is 12.3 Å². The summed E-state index contributed by atoms with van der Waals surface area (Å²) in [7, 11) is 0. The first-order chi connectivity index (χ1) is 2.64. The van der Waals surface area contributed by atoms with E-state index >= 15 is 0 Å². The van der Waals surface area contributed by atoms with Crippen molar-refractivity contribution in [3.05, 3.63) is 29.3 Å². The maximum absolute atomic E-state index is 9.34. The van der Waals surface area contributed by atoms with Crippen LogP contribution in [0.5, 0.6) is 0 Å². The molecule has 3 heteroatoms. The smallest absolute Gasteiger partial charge is 0.239 e.